The second kappa shape index (κ2) is 3.40. The van der Waals surface area contributed by atoms with Crippen LogP contribution in [0.1, 0.15) is 0 Å². The van der Waals surface area contributed by atoms with E-state index in [1.165, 1.54) is 18.7 Å². The number of hydrogen-bond acceptors (Lipinski definition) is 5. The molecule has 0 radical (unpaired) electrons. The van der Waals surface area contributed by atoms with Crippen LogP contribution in [0.2, 0.25) is 0 Å². The van der Waals surface area contributed by atoms with Gasteiger partial charge in [0.15, 0.2) is 0 Å². The lowest BCUT2D eigenvalue weighted by Crippen LogP contribution is -1.88. The molecule has 0 aliphatic heterocycles. The van der Waals surface area contributed by atoms with Gasteiger partial charge >= 0.3 is 0 Å². The van der Waals surface area contributed by atoms with Crippen LogP contribution in [0.5, 0.6) is 0 Å². The molecule has 1 rings (SSSR count). The zero-order valence-corrected chi connectivity index (χ0v) is 5.81. The van der Waals surface area contributed by atoms with Gasteiger partial charge in [0.25, 0.3) is 0 Å². The summed E-state index contributed by atoms with van der Waals surface area (Å²) in [6.45, 7) is 3.36. The molecule has 0 amide bonds. The fourth-order valence-electron chi connectivity index (χ4n) is 0.513. The second-order valence-electron chi connectivity index (χ2n) is 1.70. The van der Waals surface area contributed by atoms with E-state index in [0.29, 0.717) is 11.5 Å². The standard InChI is InChI=1S/C6H7N5/c1-2-10-11-6-5(7)3-8-4-9-6/h2-4H,1,7H2/b11-10-. The van der Waals surface area contributed by atoms with Gasteiger partial charge in [-0.2, -0.15) is 5.11 Å². The molecule has 0 bridgehead atoms. The minimum atomic E-state index is 0.361. The van der Waals surface area contributed by atoms with Gasteiger partial charge in [-0.3, -0.25) is 0 Å². The van der Waals surface area contributed by atoms with Crippen LogP contribution in [-0.2, 0) is 0 Å². The van der Waals surface area contributed by atoms with E-state index >= 15 is 0 Å². The summed E-state index contributed by atoms with van der Waals surface area (Å²) in [6.07, 6.45) is 4.12. The van der Waals surface area contributed by atoms with Crippen molar-refractivity contribution >= 4 is 11.5 Å². The van der Waals surface area contributed by atoms with Crippen LogP contribution in [0.15, 0.2) is 35.5 Å². The molecule has 0 fully saturated rings. The Bertz CT molecular complexity index is 280. The van der Waals surface area contributed by atoms with Gasteiger partial charge in [0.2, 0.25) is 5.82 Å². The van der Waals surface area contributed by atoms with Gasteiger partial charge in [0, 0.05) is 6.20 Å². The van der Waals surface area contributed by atoms with Gasteiger partial charge in [-0.05, 0) is 0 Å². The van der Waals surface area contributed by atoms with Crippen molar-refractivity contribution in [1.82, 2.24) is 9.97 Å². The predicted molar refractivity (Wildman–Crippen MR) is 41.2 cm³/mol. The van der Waals surface area contributed by atoms with Crippen molar-refractivity contribution in [3.8, 4) is 0 Å². The molecule has 56 valence electrons. The summed E-state index contributed by atoms with van der Waals surface area (Å²) in [7, 11) is 0. The zero-order valence-electron chi connectivity index (χ0n) is 5.81. The van der Waals surface area contributed by atoms with E-state index in [1.54, 1.807) is 0 Å². The molecule has 0 saturated heterocycles. The number of azo groups is 1. The number of nitrogen functional groups attached to an aromatic ring is 1. The van der Waals surface area contributed by atoms with Crippen molar-refractivity contribution < 1.29 is 0 Å². The van der Waals surface area contributed by atoms with Crippen LogP contribution in [0, 0.1) is 0 Å². The average Bonchev–Trinajstić information content (AvgIpc) is 2.03. The maximum Gasteiger partial charge on any atom is 0.200 e. The number of aromatic nitrogens is 2. The molecule has 1 aromatic rings. The third-order valence-electron chi connectivity index (χ3n) is 0.953. The van der Waals surface area contributed by atoms with Crippen molar-refractivity contribution in [1.29, 1.82) is 0 Å². The quantitative estimate of drug-likeness (QED) is 0.643. The number of anilines is 1. The molecule has 0 aliphatic carbocycles. The first-order valence-electron chi connectivity index (χ1n) is 2.92. The molecule has 1 aromatic heterocycles. The van der Waals surface area contributed by atoms with E-state index in [-0.39, 0.29) is 0 Å². The summed E-state index contributed by atoms with van der Waals surface area (Å²) in [6, 6.07) is 0. The van der Waals surface area contributed by atoms with Crippen molar-refractivity contribution in [3.05, 3.63) is 25.3 Å². The Labute approximate surface area is 63.7 Å². The number of nitrogens with two attached hydrogens (primary N) is 1. The molecule has 0 unspecified atom stereocenters. The van der Waals surface area contributed by atoms with Crippen LogP contribution in [0.3, 0.4) is 0 Å². The van der Waals surface area contributed by atoms with Crippen LogP contribution in [-0.4, -0.2) is 9.97 Å². The largest absolute Gasteiger partial charge is 0.394 e. The first kappa shape index (κ1) is 7.33. The molecule has 1 heterocycles. The Balaban J connectivity index is 2.94. The SMILES string of the molecule is C=C/N=N\c1ncncc1N. The Hall–Kier alpha value is -1.78. The highest BCUT2D eigenvalue weighted by atomic mass is 15.1. The topological polar surface area (TPSA) is 76.5 Å². The van der Waals surface area contributed by atoms with Gasteiger partial charge in [0.1, 0.15) is 6.33 Å². The van der Waals surface area contributed by atoms with E-state index in [1.807, 2.05) is 0 Å². The van der Waals surface area contributed by atoms with Gasteiger partial charge < -0.3 is 5.73 Å². The minimum absolute atomic E-state index is 0.361. The molecule has 0 aliphatic rings. The molecule has 0 spiro atoms. The summed E-state index contributed by atoms with van der Waals surface area (Å²) in [5, 5.41) is 7.18. The average molecular weight is 149 g/mol. The maximum absolute atomic E-state index is 5.45. The number of nitrogens with zero attached hydrogens (tertiary/aromatic N) is 4. The van der Waals surface area contributed by atoms with Crippen molar-refractivity contribution in [2.45, 2.75) is 0 Å². The number of hydrogen-bond donors (Lipinski definition) is 1. The van der Waals surface area contributed by atoms with Crippen LogP contribution < -0.4 is 5.73 Å². The third-order valence-corrected chi connectivity index (χ3v) is 0.953. The van der Waals surface area contributed by atoms with Crippen LogP contribution >= 0.6 is 0 Å². The highest BCUT2D eigenvalue weighted by molar-refractivity contribution is 5.54. The summed E-state index contributed by atoms with van der Waals surface area (Å²) in [5.74, 6) is 0.361. The molecule has 2 N–H and O–H groups in total. The summed E-state index contributed by atoms with van der Waals surface area (Å²) < 4.78 is 0. The lowest BCUT2D eigenvalue weighted by atomic mass is 10.5. The molecule has 0 saturated carbocycles. The lowest BCUT2D eigenvalue weighted by Gasteiger charge is -1.92. The molecular weight excluding hydrogens is 142 g/mol. The van der Waals surface area contributed by atoms with Crippen LogP contribution in [0.25, 0.3) is 0 Å². The van der Waals surface area contributed by atoms with Crippen molar-refractivity contribution in [3.63, 3.8) is 0 Å². The first-order valence-corrected chi connectivity index (χ1v) is 2.92. The number of rotatable bonds is 2. The first-order chi connectivity index (χ1) is 5.34. The predicted octanol–water partition coefficient (Wildman–Crippen LogP) is 1.29. The highest BCUT2D eigenvalue weighted by Crippen LogP contribution is 2.15. The normalized spacial score (nSPS) is 10.2. The molecule has 5 heteroatoms. The van der Waals surface area contributed by atoms with Crippen molar-refractivity contribution in [2.75, 3.05) is 5.73 Å². The highest BCUT2D eigenvalue weighted by Gasteiger charge is 1.94. The minimum Gasteiger partial charge on any atom is -0.394 e. The van der Waals surface area contributed by atoms with Gasteiger partial charge in [-0.1, -0.05) is 6.58 Å². The van der Waals surface area contributed by atoms with E-state index in [4.69, 9.17) is 5.73 Å². The Morgan fingerprint density at radius 2 is 2.45 bits per heavy atom. The summed E-state index contributed by atoms with van der Waals surface area (Å²) in [5.41, 5.74) is 5.85. The lowest BCUT2D eigenvalue weighted by molar-refractivity contribution is 1.10. The van der Waals surface area contributed by atoms with E-state index < -0.39 is 0 Å². The van der Waals surface area contributed by atoms with E-state index in [9.17, 15) is 0 Å². The monoisotopic (exact) mass is 149 g/mol. The smallest absolute Gasteiger partial charge is 0.200 e. The van der Waals surface area contributed by atoms with Crippen LogP contribution in [0.4, 0.5) is 11.5 Å². The molecule has 11 heavy (non-hydrogen) atoms. The van der Waals surface area contributed by atoms with Gasteiger partial charge in [0.05, 0.1) is 11.9 Å². The fraction of sp³-hybridized carbons (Fsp3) is 0. The molecule has 0 aromatic carbocycles. The molecule has 0 atom stereocenters. The van der Waals surface area contributed by atoms with E-state index in [0.717, 1.165) is 0 Å². The summed E-state index contributed by atoms with van der Waals surface area (Å²) >= 11 is 0. The molecule has 5 nitrogen and oxygen atoms in total. The van der Waals surface area contributed by atoms with E-state index in [2.05, 4.69) is 26.8 Å². The van der Waals surface area contributed by atoms with Gasteiger partial charge in [-0.25, -0.2) is 9.97 Å². The Morgan fingerprint density at radius 1 is 1.64 bits per heavy atom. The van der Waals surface area contributed by atoms with Gasteiger partial charge in [-0.15, -0.1) is 5.11 Å². The third kappa shape index (κ3) is 1.82. The fourth-order valence-corrected chi connectivity index (χ4v) is 0.513. The zero-order chi connectivity index (χ0) is 8.10. The Morgan fingerprint density at radius 3 is 3.09 bits per heavy atom. The van der Waals surface area contributed by atoms with Crippen molar-refractivity contribution in [2.24, 2.45) is 10.2 Å². The Kier molecular flexibility index (Phi) is 2.27. The summed E-state index contributed by atoms with van der Waals surface area (Å²) in [4.78, 5) is 7.46. The maximum atomic E-state index is 5.45. The second-order valence-corrected chi connectivity index (χ2v) is 1.70. The molecular formula is C6H7N5.